The molecule has 6 aromatic carbocycles. The molecule has 0 amide bonds. The van der Waals surface area contributed by atoms with Gasteiger partial charge in [-0.05, 0) is 54.1 Å². The normalized spacial score (nSPS) is 11.7. The van der Waals surface area contributed by atoms with Crippen molar-refractivity contribution in [2.75, 3.05) is 0 Å². The summed E-state index contributed by atoms with van der Waals surface area (Å²) in [6.07, 6.45) is 0. The lowest BCUT2D eigenvalue weighted by Gasteiger charge is -2.35. The lowest BCUT2D eigenvalue weighted by Crippen LogP contribution is -2.74. The fraction of sp³-hybridized carbons (Fsp3) is 0.0811. The molecule has 0 saturated carbocycles. The van der Waals surface area contributed by atoms with E-state index in [1.165, 1.54) is 48.2 Å². The van der Waals surface area contributed by atoms with E-state index in [0.29, 0.717) is 5.92 Å². The topological polar surface area (TPSA) is 0 Å². The number of hydrogen-bond donors (Lipinski definition) is 0. The summed E-state index contributed by atoms with van der Waals surface area (Å²) in [7, 11) is -2.66. The third kappa shape index (κ3) is 4.10. The quantitative estimate of drug-likeness (QED) is 0.169. The van der Waals surface area contributed by atoms with E-state index in [0.717, 1.165) is 0 Å². The summed E-state index contributed by atoms with van der Waals surface area (Å²) in [5.41, 5.74) is 3.94. The third-order valence-electron chi connectivity index (χ3n) is 7.82. The van der Waals surface area contributed by atoms with Crippen LogP contribution in [-0.2, 0) is 0 Å². The number of rotatable bonds is 6. The summed E-state index contributed by atoms with van der Waals surface area (Å²) >= 11 is 0. The highest BCUT2D eigenvalue weighted by atomic mass is 28.3. The van der Waals surface area contributed by atoms with Crippen molar-refractivity contribution in [2.24, 2.45) is 0 Å². The van der Waals surface area contributed by atoms with Gasteiger partial charge in [-0.25, -0.2) is 0 Å². The van der Waals surface area contributed by atoms with Crippen LogP contribution in [0.4, 0.5) is 0 Å². The Morgan fingerprint density at radius 1 is 0.447 bits per heavy atom. The summed E-state index contributed by atoms with van der Waals surface area (Å²) in [6.45, 7) is 4.51. The van der Waals surface area contributed by atoms with E-state index in [1.54, 1.807) is 0 Å². The van der Waals surface area contributed by atoms with Gasteiger partial charge in [0.05, 0.1) is 0 Å². The highest BCUT2D eigenvalue weighted by molar-refractivity contribution is 7.20. The smallest absolute Gasteiger partial charge is 0.0623 e. The van der Waals surface area contributed by atoms with Crippen molar-refractivity contribution in [3.05, 3.63) is 157 Å². The SMILES string of the molecule is CC(C)c1ccc(-c2cccc3cccc([Si](c4ccccc4)(c4ccccc4)c4ccccc4)c23)cc1. The first-order chi connectivity index (χ1) is 18.7. The minimum atomic E-state index is -2.66. The molecular weight excluding hydrogens is 472 g/mol. The Kier molecular flexibility index (Phi) is 6.53. The first kappa shape index (κ1) is 24.2. The second kappa shape index (κ2) is 10.3. The summed E-state index contributed by atoms with van der Waals surface area (Å²) in [6, 6.07) is 56.5. The first-order valence-electron chi connectivity index (χ1n) is 13.5. The van der Waals surface area contributed by atoms with Gasteiger partial charge in [-0.15, -0.1) is 0 Å². The first-order valence-corrected chi connectivity index (χ1v) is 15.5. The van der Waals surface area contributed by atoms with Crippen LogP contribution in [0.25, 0.3) is 21.9 Å². The largest absolute Gasteiger partial charge is 0.180 e. The zero-order valence-electron chi connectivity index (χ0n) is 22.0. The van der Waals surface area contributed by atoms with E-state index in [4.69, 9.17) is 0 Å². The average molecular weight is 505 g/mol. The van der Waals surface area contributed by atoms with Crippen LogP contribution >= 0.6 is 0 Å². The van der Waals surface area contributed by atoms with Gasteiger partial charge >= 0.3 is 0 Å². The van der Waals surface area contributed by atoms with Crippen LogP contribution < -0.4 is 20.7 Å². The van der Waals surface area contributed by atoms with Crippen LogP contribution in [0.2, 0.25) is 0 Å². The number of fused-ring (bicyclic) bond motifs is 1. The van der Waals surface area contributed by atoms with Gasteiger partial charge in [-0.1, -0.05) is 166 Å². The second-order valence-electron chi connectivity index (χ2n) is 10.3. The predicted molar refractivity (Wildman–Crippen MR) is 167 cm³/mol. The molecule has 0 atom stereocenters. The van der Waals surface area contributed by atoms with Crippen molar-refractivity contribution in [3.8, 4) is 11.1 Å². The Bertz CT molecular complexity index is 1550. The van der Waals surface area contributed by atoms with Gasteiger partial charge in [0, 0.05) is 0 Å². The Labute approximate surface area is 227 Å². The number of benzene rings is 6. The predicted octanol–water partition coefficient (Wildman–Crippen LogP) is 7.01. The summed E-state index contributed by atoms with van der Waals surface area (Å²) in [5, 5.41) is 8.27. The lowest BCUT2D eigenvalue weighted by molar-refractivity contribution is 0.867. The fourth-order valence-corrected chi connectivity index (χ4v) is 11.0. The lowest BCUT2D eigenvalue weighted by atomic mass is 9.95. The highest BCUT2D eigenvalue weighted by Gasteiger charge is 2.42. The van der Waals surface area contributed by atoms with Crippen LogP contribution in [-0.4, -0.2) is 8.07 Å². The van der Waals surface area contributed by atoms with Crippen LogP contribution in [0.1, 0.15) is 25.3 Å². The van der Waals surface area contributed by atoms with E-state index >= 15 is 0 Å². The fourth-order valence-electron chi connectivity index (χ4n) is 5.97. The summed E-state index contributed by atoms with van der Waals surface area (Å²) in [5.74, 6) is 0.515. The molecule has 0 unspecified atom stereocenters. The molecule has 0 bridgehead atoms. The molecule has 0 aliphatic rings. The van der Waals surface area contributed by atoms with Crippen LogP contribution in [0.5, 0.6) is 0 Å². The molecule has 6 aromatic rings. The Morgan fingerprint density at radius 3 is 1.39 bits per heavy atom. The zero-order chi connectivity index (χ0) is 26.0. The highest BCUT2D eigenvalue weighted by Crippen LogP contribution is 2.30. The molecule has 38 heavy (non-hydrogen) atoms. The van der Waals surface area contributed by atoms with Crippen LogP contribution in [0.15, 0.2) is 152 Å². The van der Waals surface area contributed by atoms with Crippen molar-refractivity contribution >= 4 is 39.6 Å². The van der Waals surface area contributed by atoms with E-state index in [2.05, 4.69) is 166 Å². The maximum atomic E-state index is 2.40. The Morgan fingerprint density at radius 2 is 0.921 bits per heavy atom. The minimum absolute atomic E-state index is 0.515. The number of hydrogen-bond acceptors (Lipinski definition) is 0. The van der Waals surface area contributed by atoms with Gasteiger partial charge in [0.2, 0.25) is 0 Å². The summed E-state index contributed by atoms with van der Waals surface area (Å²) < 4.78 is 0. The van der Waals surface area contributed by atoms with Gasteiger partial charge in [0.1, 0.15) is 0 Å². The molecule has 184 valence electrons. The minimum Gasteiger partial charge on any atom is -0.0623 e. The monoisotopic (exact) mass is 504 g/mol. The molecule has 0 fully saturated rings. The van der Waals surface area contributed by atoms with E-state index in [-0.39, 0.29) is 0 Å². The average Bonchev–Trinajstić information content (AvgIpc) is 2.99. The van der Waals surface area contributed by atoms with Gasteiger partial charge in [-0.3, -0.25) is 0 Å². The standard InChI is InChI=1S/C37H32Si/c1-28(2)29-24-26-30(27-25-29)35-22-12-14-31-15-13-23-36(37(31)35)38(32-16-6-3-7-17-32,33-18-8-4-9-19-33)34-20-10-5-11-21-34/h3-28H,1-2H3. The molecule has 0 nitrogen and oxygen atoms in total. The van der Waals surface area contributed by atoms with E-state index in [9.17, 15) is 0 Å². The maximum Gasteiger partial charge on any atom is 0.180 e. The molecule has 0 spiro atoms. The van der Waals surface area contributed by atoms with Gasteiger partial charge in [0.25, 0.3) is 0 Å². The molecular formula is C37H32Si. The summed E-state index contributed by atoms with van der Waals surface area (Å²) in [4.78, 5) is 0. The zero-order valence-corrected chi connectivity index (χ0v) is 23.0. The van der Waals surface area contributed by atoms with Gasteiger partial charge in [-0.2, -0.15) is 0 Å². The molecule has 0 N–H and O–H groups in total. The van der Waals surface area contributed by atoms with Gasteiger partial charge in [0.15, 0.2) is 8.07 Å². The van der Waals surface area contributed by atoms with Gasteiger partial charge < -0.3 is 0 Å². The van der Waals surface area contributed by atoms with E-state index in [1.807, 2.05) is 0 Å². The molecule has 0 heterocycles. The maximum absolute atomic E-state index is 2.66. The van der Waals surface area contributed by atoms with Crippen molar-refractivity contribution in [3.63, 3.8) is 0 Å². The molecule has 0 aliphatic heterocycles. The molecule has 6 rings (SSSR count). The molecule has 0 radical (unpaired) electrons. The Balaban J connectivity index is 1.76. The molecule has 0 aromatic heterocycles. The van der Waals surface area contributed by atoms with Crippen molar-refractivity contribution in [1.29, 1.82) is 0 Å². The van der Waals surface area contributed by atoms with E-state index < -0.39 is 8.07 Å². The van der Waals surface area contributed by atoms with Crippen molar-refractivity contribution in [1.82, 2.24) is 0 Å². The van der Waals surface area contributed by atoms with Crippen molar-refractivity contribution < 1.29 is 0 Å². The second-order valence-corrected chi connectivity index (χ2v) is 14.1. The van der Waals surface area contributed by atoms with Crippen LogP contribution in [0, 0.1) is 0 Å². The molecule has 0 saturated heterocycles. The van der Waals surface area contributed by atoms with Crippen molar-refractivity contribution in [2.45, 2.75) is 19.8 Å². The molecule has 1 heteroatoms. The Hall–Kier alpha value is -4.20. The molecule has 0 aliphatic carbocycles. The third-order valence-corrected chi connectivity index (χ3v) is 12.6. The van der Waals surface area contributed by atoms with Crippen LogP contribution in [0.3, 0.4) is 0 Å².